The lowest BCUT2D eigenvalue weighted by atomic mass is 9.83. The molecule has 2 heterocycles. The van der Waals surface area contributed by atoms with E-state index in [1.165, 1.54) is 6.42 Å². The first-order chi connectivity index (χ1) is 18.1. The van der Waals surface area contributed by atoms with E-state index in [0.29, 0.717) is 17.3 Å². The summed E-state index contributed by atoms with van der Waals surface area (Å²) in [4.78, 5) is 30.7. The molecule has 6 rings (SSSR count). The number of benzene rings is 3. The molecule has 6 heteroatoms. The normalized spacial score (nSPS) is 20.1. The lowest BCUT2D eigenvalue weighted by Gasteiger charge is -2.47. The van der Waals surface area contributed by atoms with Crippen molar-refractivity contribution in [2.75, 3.05) is 0 Å². The van der Waals surface area contributed by atoms with Crippen LogP contribution in [0.1, 0.15) is 53.7 Å². The van der Waals surface area contributed by atoms with E-state index in [1.807, 2.05) is 89.5 Å². The van der Waals surface area contributed by atoms with Gasteiger partial charge in [0.05, 0.1) is 6.54 Å². The molecular formula is C31H30ClN3O2. The number of para-hydroxylation sites is 1. The van der Waals surface area contributed by atoms with E-state index in [9.17, 15) is 9.59 Å². The highest BCUT2D eigenvalue weighted by molar-refractivity contribution is 6.31. The Morgan fingerprint density at radius 1 is 0.919 bits per heavy atom. The minimum absolute atomic E-state index is 0.113. The van der Waals surface area contributed by atoms with Crippen molar-refractivity contribution < 1.29 is 9.59 Å². The smallest absolute Gasteiger partial charge is 0.272 e. The fourth-order valence-corrected chi connectivity index (χ4v) is 6.22. The number of fused-ring (bicyclic) bond motifs is 3. The summed E-state index contributed by atoms with van der Waals surface area (Å²) in [6, 6.07) is 27.3. The molecule has 1 aliphatic heterocycles. The van der Waals surface area contributed by atoms with Crippen LogP contribution in [-0.4, -0.2) is 27.3 Å². The first kappa shape index (κ1) is 23.8. The largest absolute Gasteiger partial charge is 0.351 e. The topological polar surface area (TPSA) is 54.3 Å². The number of nitrogens with zero attached hydrogens (tertiary/aromatic N) is 2. The summed E-state index contributed by atoms with van der Waals surface area (Å²) in [6.07, 6.45) is 5.35. The van der Waals surface area contributed by atoms with Crippen molar-refractivity contribution in [3.63, 3.8) is 0 Å². The second-order valence-electron chi connectivity index (χ2n) is 10.2. The summed E-state index contributed by atoms with van der Waals surface area (Å²) in [5.41, 5.74) is 1.92. The Bertz CT molecular complexity index is 1460. The molecule has 37 heavy (non-hydrogen) atoms. The molecule has 2 aliphatic rings. The number of hydrogen-bond acceptors (Lipinski definition) is 2. The second kappa shape index (κ2) is 9.71. The summed E-state index contributed by atoms with van der Waals surface area (Å²) in [6.45, 7) is 0.557. The Labute approximate surface area is 222 Å². The van der Waals surface area contributed by atoms with Gasteiger partial charge in [0.1, 0.15) is 5.69 Å². The molecule has 0 bridgehead atoms. The number of hydrogen-bond donors (Lipinski definition) is 1. The van der Waals surface area contributed by atoms with E-state index in [-0.39, 0.29) is 24.4 Å². The van der Waals surface area contributed by atoms with Crippen LogP contribution in [0, 0.1) is 0 Å². The summed E-state index contributed by atoms with van der Waals surface area (Å²) >= 11 is 6.59. The molecule has 1 N–H and O–H groups in total. The molecule has 1 aliphatic carbocycles. The molecule has 1 saturated carbocycles. The van der Waals surface area contributed by atoms with Crippen molar-refractivity contribution in [3.05, 3.63) is 107 Å². The summed E-state index contributed by atoms with van der Waals surface area (Å²) < 4.78 is 2.02. The fourth-order valence-electron chi connectivity index (χ4n) is 6.03. The van der Waals surface area contributed by atoms with Crippen LogP contribution in [0.3, 0.4) is 0 Å². The molecule has 1 fully saturated rings. The fraction of sp³-hybridized carbons (Fsp3) is 0.290. The third kappa shape index (κ3) is 4.11. The van der Waals surface area contributed by atoms with Gasteiger partial charge in [0.2, 0.25) is 0 Å². The first-order valence-corrected chi connectivity index (χ1v) is 13.5. The van der Waals surface area contributed by atoms with Gasteiger partial charge in [0.25, 0.3) is 11.8 Å². The van der Waals surface area contributed by atoms with Crippen molar-refractivity contribution in [1.29, 1.82) is 0 Å². The lowest BCUT2D eigenvalue weighted by molar-refractivity contribution is -0.136. The van der Waals surface area contributed by atoms with Crippen LogP contribution in [0.4, 0.5) is 0 Å². The maximum absolute atomic E-state index is 14.5. The van der Waals surface area contributed by atoms with Crippen LogP contribution in [0.2, 0.25) is 5.02 Å². The Morgan fingerprint density at radius 2 is 1.62 bits per heavy atom. The summed E-state index contributed by atoms with van der Waals surface area (Å²) in [7, 11) is 0. The maximum Gasteiger partial charge on any atom is 0.272 e. The van der Waals surface area contributed by atoms with E-state index < -0.39 is 5.54 Å². The standard InChI is InChI=1S/C31H30ClN3O2/c32-26-17-9-7-12-23(26)20-35-29(36)28-19-22-11-8-10-18-27(22)34(28)21-31(35,24-13-3-1-4-14-24)30(37)33-25-15-5-2-6-16-25/h1,3-4,7-14,17-19,25H,2,5-6,15-16,20-21H2,(H,33,37)/t31-/m0/s1. The number of halogens is 1. The average Bonchev–Trinajstić information content (AvgIpc) is 3.31. The Balaban J connectivity index is 1.55. The number of nitrogens with one attached hydrogen (secondary N) is 1. The van der Waals surface area contributed by atoms with Crippen molar-refractivity contribution in [1.82, 2.24) is 14.8 Å². The van der Waals surface area contributed by atoms with Crippen LogP contribution in [0.5, 0.6) is 0 Å². The third-order valence-corrected chi connectivity index (χ3v) is 8.34. The van der Waals surface area contributed by atoms with Crippen molar-refractivity contribution in [3.8, 4) is 0 Å². The molecule has 0 radical (unpaired) electrons. The number of rotatable bonds is 5. The van der Waals surface area contributed by atoms with E-state index in [0.717, 1.165) is 47.7 Å². The van der Waals surface area contributed by atoms with Crippen molar-refractivity contribution >= 4 is 34.3 Å². The zero-order valence-corrected chi connectivity index (χ0v) is 21.5. The monoisotopic (exact) mass is 511 g/mol. The molecule has 1 aromatic heterocycles. The van der Waals surface area contributed by atoms with E-state index >= 15 is 0 Å². The van der Waals surface area contributed by atoms with E-state index in [1.54, 1.807) is 4.90 Å². The Kier molecular flexibility index (Phi) is 6.25. The van der Waals surface area contributed by atoms with Crippen LogP contribution >= 0.6 is 11.6 Å². The number of amides is 2. The zero-order chi connectivity index (χ0) is 25.4. The highest BCUT2D eigenvalue weighted by Gasteiger charge is 2.53. The van der Waals surface area contributed by atoms with Crippen LogP contribution < -0.4 is 5.32 Å². The van der Waals surface area contributed by atoms with Gasteiger partial charge in [0, 0.05) is 28.5 Å². The molecule has 4 aromatic rings. The van der Waals surface area contributed by atoms with Crippen molar-refractivity contribution in [2.24, 2.45) is 0 Å². The maximum atomic E-state index is 14.5. The lowest BCUT2D eigenvalue weighted by Crippen LogP contribution is -2.64. The van der Waals surface area contributed by atoms with Crippen LogP contribution in [0.15, 0.2) is 84.9 Å². The molecule has 0 saturated heterocycles. The predicted octanol–water partition coefficient (Wildman–Crippen LogP) is 6.30. The highest BCUT2D eigenvalue weighted by atomic mass is 35.5. The first-order valence-electron chi connectivity index (χ1n) is 13.1. The number of aromatic nitrogens is 1. The average molecular weight is 512 g/mol. The summed E-state index contributed by atoms with van der Waals surface area (Å²) in [5.74, 6) is -0.306. The van der Waals surface area contributed by atoms with Gasteiger partial charge in [-0.1, -0.05) is 97.6 Å². The molecular weight excluding hydrogens is 482 g/mol. The third-order valence-electron chi connectivity index (χ3n) is 7.98. The van der Waals surface area contributed by atoms with Gasteiger partial charge in [-0.15, -0.1) is 0 Å². The van der Waals surface area contributed by atoms with E-state index in [2.05, 4.69) is 5.32 Å². The highest BCUT2D eigenvalue weighted by Crippen LogP contribution is 2.41. The summed E-state index contributed by atoms with van der Waals surface area (Å²) in [5, 5.41) is 4.94. The zero-order valence-electron chi connectivity index (χ0n) is 20.7. The predicted molar refractivity (Wildman–Crippen MR) is 146 cm³/mol. The van der Waals surface area contributed by atoms with Gasteiger partial charge in [-0.05, 0) is 42.2 Å². The van der Waals surface area contributed by atoms with Crippen LogP contribution in [0.25, 0.3) is 10.9 Å². The number of carbonyl (C=O) groups excluding carboxylic acids is 2. The minimum atomic E-state index is -1.23. The van der Waals surface area contributed by atoms with Gasteiger partial charge in [0.15, 0.2) is 5.54 Å². The minimum Gasteiger partial charge on any atom is -0.351 e. The van der Waals surface area contributed by atoms with Crippen molar-refractivity contribution in [2.45, 2.75) is 56.8 Å². The van der Waals surface area contributed by atoms with Gasteiger partial charge >= 0.3 is 0 Å². The number of carbonyl (C=O) groups is 2. The Morgan fingerprint density at radius 3 is 2.41 bits per heavy atom. The van der Waals surface area contributed by atoms with Gasteiger partial charge in [-0.3, -0.25) is 9.59 Å². The van der Waals surface area contributed by atoms with Gasteiger partial charge < -0.3 is 14.8 Å². The molecule has 3 aromatic carbocycles. The van der Waals surface area contributed by atoms with E-state index in [4.69, 9.17) is 11.6 Å². The molecule has 2 amide bonds. The van der Waals surface area contributed by atoms with Crippen LogP contribution in [-0.2, 0) is 23.4 Å². The van der Waals surface area contributed by atoms with Gasteiger partial charge in [-0.2, -0.15) is 0 Å². The molecule has 5 nitrogen and oxygen atoms in total. The van der Waals surface area contributed by atoms with Gasteiger partial charge in [-0.25, -0.2) is 0 Å². The SMILES string of the molecule is O=C1c2cc3ccccc3n2C[C@@](C(=O)NC2CCCCC2)(c2ccccc2)N1Cc1ccccc1Cl. The Hall–Kier alpha value is -3.57. The molecule has 0 spiro atoms. The molecule has 188 valence electrons. The second-order valence-corrected chi connectivity index (χ2v) is 10.6. The quantitative estimate of drug-likeness (QED) is 0.342. The molecule has 1 atom stereocenters. The molecule has 0 unspecified atom stereocenters.